The van der Waals surface area contributed by atoms with Gasteiger partial charge in [-0.25, -0.2) is 0 Å². The van der Waals surface area contributed by atoms with Gasteiger partial charge in [-0.15, -0.1) is 0 Å². The predicted octanol–water partition coefficient (Wildman–Crippen LogP) is 4.01. The number of carbonyl (C=O) groups is 1. The van der Waals surface area contributed by atoms with Crippen molar-refractivity contribution >= 4 is 23.2 Å². The normalized spacial score (nSPS) is 24.4. The number of aliphatic hydroxyl groups is 1. The Balaban J connectivity index is 2.20. The monoisotopic (exact) mass is 314 g/mol. The second kappa shape index (κ2) is 7.54. The van der Waals surface area contributed by atoms with E-state index in [9.17, 15) is 15.0 Å². The Morgan fingerprint density at radius 2 is 1.52 bits per heavy atom. The van der Waals surface area contributed by atoms with Crippen LogP contribution in [0.4, 0.5) is 0 Å². The van der Waals surface area contributed by atoms with E-state index in [2.05, 4.69) is 0 Å². The third kappa shape index (κ3) is 4.16. The highest BCUT2D eigenvalue weighted by molar-refractivity contribution is 7.80. The molecule has 2 N–H and O–H groups in total. The van der Waals surface area contributed by atoms with E-state index < -0.39 is 11.6 Å². The van der Waals surface area contributed by atoms with Crippen molar-refractivity contribution in [1.29, 1.82) is 0 Å². The number of ether oxygens (including phenoxy) is 1. The van der Waals surface area contributed by atoms with Gasteiger partial charge < -0.3 is 14.9 Å². The van der Waals surface area contributed by atoms with Crippen LogP contribution >= 0.6 is 12.2 Å². The summed E-state index contributed by atoms with van der Waals surface area (Å²) in [7, 11) is 0. The van der Waals surface area contributed by atoms with Crippen molar-refractivity contribution in [3.63, 3.8) is 0 Å². The van der Waals surface area contributed by atoms with Gasteiger partial charge in [-0.2, -0.15) is 0 Å². The van der Waals surface area contributed by atoms with Gasteiger partial charge in [-0.05, 0) is 43.8 Å². The summed E-state index contributed by atoms with van der Waals surface area (Å²) in [6.45, 7) is 0. The van der Waals surface area contributed by atoms with Crippen molar-refractivity contribution in [3.8, 4) is 0 Å². The number of hydrogen-bond acceptors (Lipinski definition) is 3. The van der Waals surface area contributed by atoms with Gasteiger partial charge in [0.2, 0.25) is 0 Å². The zero-order chi connectivity index (χ0) is 15.3. The average Bonchev–Trinajstić information content (AvgIpc) is 2.48. The van der Waals surface area contributed by atoms with Crippen molar-refractivity contribution in [3.05, 3.63) is 0 Å². The van der Waals surface area contributed by atoms with E-state index >= 15 is 0 Å². The van der Waals surface area contributed by atoms with Crippen LogP contribution in [-0.2, 0) is 9.53 Å². The number of carboxylic acids is 1. The van der Waals surface area contributed by atoms with E-state index in [0.29, 0.717) is 0 Å². The molecule has 0 aromatic heterocycles. The minimum Gasteiger partial charge on any atom is -0.500 e. The lowest BCUT2D eigenvalue weighted by atomic mass is 9.75. The summed E-state index contributed by atoms with van der Waals surface area (Å²) in [6, 6.07) is 0. The summed E-state index contributed by atoms with van der Waals surface area (Å²) in [6.07, 6.45) is 10.2. The van der Waals surface area contributed by atoms with Gasteiger partial charge in [-0.3, -0.25) is 4.79 Å². The molecule has 1 unspecified atom stereocenters. The second-order valence-electron chi connectivity index (χ2n) is 6.48. The number of hydrogen-bond donors (Lipinski definition) is 2. The topological polar surface area (TPSA) is 66.8 Å². The van der Waals surface area contributed by atoms with Crippen LogP contribution in [0.1, 0.15) is 70.6 Å². The Bertz CT molecular complexity index is 372. The molecule has 0 aromatic carbocycles. The predicted molar refractivity (Wildman–Crippen MR) is 84.7 cm³/mol. The highest BCUT2D eigenvalue weighted by Crippen LogP contribution is 2.40. The molecule has 0 heterocycles. The molecule has 4 nitrogen and oxygen atoms in total. The molecule has 2 rings (SSSR count). The molecule has 0 amide bonds. The van der Waals surface area contributed by atoms with Crippen LogP contribution in [0.2, 0.25) is 0 Å². The standard InChI is InChI=1S/C16H26O4S/c17-14(18)11-16(15(19)21,12-7-3-1-4-8-12)20-13-9-5-2-6-10-13/h12-13H,1-11H2,(H,17,18)(H,19,21). The summed E-state index contributed by atoms with van der Waals surface area (Å²) in [5, 5.41) is 19.2. The molecule has 0 bridgehead atoms. The van der Waals surface area contributed by atoms with Crippen LogP contribution in [0.15, 0.2) is 0 Å². The van der Waals surface area contributed by atoms with Gasteiger partial charge in [0, 0.05) is 0 Å². The largest absolute Gasteiger partial charge is 0.500 e. The molecule has 0 spiro atoms. The maximum Gasteiger partial charge on any atom is 0.306 e. The first-order valence-electron chi connectivity index (χ1n) is 8.17. The lowest BCUT2D eigenvalue weighted by molar-refractivity contribution is -0.153. The van der Waals surface area contributed by atoms with Crippen LogP contribution in [-0.4, -0.2) is 32.9 Å². The van der Waals surface area contributed by atoms with E-state index in [4.69, 9.17) is 17.0 Å². The fourth-order valence-corrected chi connectivity index (χ4v) is 4.14. The SMILES string of the molecule is O=C(O)CC(OC1CCCCC1)(C(O)=S)C1CCCCC1. The molecular formula is C16H26O4S. The molecular weight excluding hydrogens is 288 g/mol. The van der Waals surface area contributed by atoms with Gasteiger partial charge >= 0.3 is 5.97 Å². The molecule has 0 radical (unpaired) electrons. The Morgan fingerprint density at radius 1 is 1.00 bits per heavy atom. The summed E-state index contributed by atoms with van der Waals surface area (Å²) in [5.41, 5.74) is -1.16. The Labute approximate surface area is 131 Å². The van der Waals surface area contributed by atoms with Gasteiger partial charge in [0.25, 0.3) is 0 Å². The maximum atomic E-state index is 11.4. The molecule has 120 valence electrons. The molecule has 5 heteroatoms. The van der Waals surface area contributed by atoms with Gasteiger partial charge in [0.05, 0.1) is 12.5 Å². The van der Waals surface area contributed by atoms with Crippen molar-refractivity contribution in [2.75, 3.05) is 0 Å². The molecule has 0 aliphatic heterocycles. The van der Waals surface area contributed by atoms with Gasteiger partial charge in [0.15, 0.2) is 5.05 Å². The number of aliphatic carboxylic acids is 1. The minimum atomic E-state index is -1.16. The fraction of sp³-hybridized carbons (Fsp3) is 0.875. The fourth-order valence-electron chi connectivity index (χ4n) is 3.86. The number of aliphatic hydroxyl groups excluding tert-OH is 1. The first kappa shape index (κ1) is 16.7. The molecule has 2 aliphatic carbocycles. The quantitative estimate of drug-likeness (QED) is 0.725. The molecule has 2 fully saturated rings. The third-order valence-electron chi connectivity index (χ3n) is 4.97. The minimum absolute atomic E-state index is 0.0294. The molecule has 2 aliphatic rings. The van der Waals surface area contributed by atoms with Crippen molar-refractivity contribution < 1.29 is 19.7 Å². The number of carboxylic acid groups (broad SMARTS) is 1. The van der Waals surface area contributed by atoms with E-state index in [1.807, 2.05) is 0 Å². The second-order valence-corrected chi connectivity index (χ2v) is 6.86. The average molecular weight is 314 g/mol. The van der Waals surface area contributed by atoms with E-state index in [0.717, 1.165) is 51.4 Å². The van der Waals surface area contributed by atoms with E-state index in [-0.39, 0.29) is 23.5 Å². The smallest absolute Gasteiger partial charge is 0.306 e. The lowest BCUT2D eigenvalue weighted by Crippen LogP contribution is -2.52. The van der Waals surface area contributed by atoms with Crippen molar-refractivity contribution in [2.24, 2.45) is 5.92 Å². The lowest BCUT2D eigenvalue weighted by Gasteiger charge is -2.43. The number of rotatable bonds is 6. The zero-order valence-corrected chi connectivity index (χ0v) is 13.4. The van der Waals surface area contributed by atoms with E-state index in [1.54, 1.807) is 0 Å². The first-order chi connectivity index (χ1) is 10.0. The van der Waals surface area contributed by atoms with Crippen LogP contribution in [0.3, 0.4) is 0 Å². The summed E-state index contributed by atoms with van der Waals surface area (Å²) in [4.78, 5) is 11.4. The highest BCUT2D eigenvalue weighted by Gasteiger charge is 2.48. The number of thiocarbonyl (C=S) groups is 1. The molecule has 0 aromatic rings. The van der Waals surface area contributed by atoms with Gasteiger partial charge in [-0.1, -0.05) is 38.5 Å². The van der Waals surface area contributed by atoms with Crippen molar-refractivity contribution in [1.82, 2.24) is 0 Å². The van der Waals surface area contributed by atoms with Gasteiger partial charge in [0.1, 0.15) is 5.60 Å². The third-order valence-corrected chi connectivity index (χ3v) is 5.32. The van der Waals surface area contributed by atoms with Crippen LogP contribution in [0, 0.1) is 5.92 Å². The molecule has 2 saturated carbocycles. The summed E-state index contributed by atoms with van der Waals surface area (Å²) < 4.78 is 6.22. The summed E-state index contributed by atoms with van der Waals surface area (Å²) in [5.74, 6) is -0.922. The van der Waals surface area contributed by atoms with Crippen LogP contribution in [0.25, 0.3) is 0 Å². The highest BCUT2D eigenvalue weighted by atomic mass is 32.1. The van der Waals surface area contributed by atoms with Crippen LogP contribution in [0.5, 0.6) is 0 Å². The Kier molecular flexibility index (Phi) is 5.99. The van der Waals surface area contributed by atoms with Crippen molar-refractivity contribution in [2.45, 2.75) is 82.3 Å². The maximum absolute atomic E-state index is 11.4. The van der Waals surface area contributed by atoms with E-state index in [1.165, 1.54) is 12.8 Å². The summed E-state index contributed by atoms with van der Waals surface area (Å²) >= 11 is 5.06. The molecule has 1 atom stereocenters. The van der Waals surface area contributed by atoms with Crippen LogP contribution < -0.4 is 0 Å². The molecule has 0 saturated heterocycles. The Hall–Kier alpha value is -0.680. The first-order valence-corrected chi connectivity index (χ1v) is 8.58. The Morgan fingerprint density at radius 3 is 2.00 bits per heavy atom. The zero-order valence-electron chi connectivity index (χ0n) is 12.6. The molecule has 21 heavy (non-hydrogen) atoms.